The number of allylic oxidation sites excluding steroid dienone is 4. The normalized spacial score (nSPS) is 46.2. The zero-order valence-corrected chi connectivity index (χ0v) is 59.0. The van der Waals surface area contributed by atoms with Gasteiger partial charge in [0.25, 0.3) is 0 Å². The van der Waals surface area contributed by atoms with Gasteiger partial charge in [-0.3, -0.25) is 0 Å². The molecule has 0 radical (unpaired) electrons. The van der Waals surface area contributed by atoms with Gasteiger partial charge in [-0.2, -0.15) is 184 Å². The van der Waals surface area contributed by atoms with E-state index in [1.165, 1.54) is 0 Å². The van der Waals surface area contributed by atoms with E-state index in [1.54, 1.807) is 0 Å². The molecule has 644 valence electrons. The Balaban J connectivity index is 1.03. The van der Waals surface area contributed by atoms with E-state index < -0.39 is 477 Å². The summed E-state index contributed by atoms with van der Waals surface area (Å²) in [6, 6.07) is 0. The van der Waals surface area contributed by atoms with E-state index in [9.17, 15) is 0 Å². The molecule has 42 heteroatoms. The van der Waals surface area contributed by atoms with Crippen LogP contribution in [0.15, 0.2) is 16.7 Å². The molecule has 0 spiro atoms. The zero-order valence-electron chi connectivity index (χ0n) is 59.0. The van der Waals surface area contributed by atoms with Crippen molar-refractivity contribution in [3.8, 4) is 11.1 Å². The van der Waals surface area contributed by atoms with Gasteiger partial charge in [-0.25, -0.2) is 0 Å². The summed E-state index contributed by atoms with van der Waals surface area (Å²) in [6.45, 7) is 0. The molecule has 28 atom stereocenters. The van der Waals surface area contributed by atoms with Crippen molar-refractivity contribution in [2.45, 2.75) is 175 Å². The monoisotopic (exact) mass is 1820 g/mol. The summed E-state index contributed by atoms with van der Waals surface area (Å²) in [5.41, 5.74) is -187. The summed E-state index contributed by atoms with van der Waals surface area (Å²) in [4.78, 5) is 0. The summed E-state index contributed by atoms with van der Waals surface area (Å²) in [5, 5.41) is -24.1. The number of halogens is 42. The van der Waals surface area contributed by atoms with Gasteiger partial charge < -0.3 is 0 Å². The molecule has 2 saturated carbocycles. The minimum Gasteiger partial charge on any atom is -0.170 e. The highest BCUT2D eigenvalue weighted by atomic mass is 19.5. The minimum atomic E-state index is -8.22. The lowest BCUT2D eigenvalue weighted by Gasteiger charge is -2.77. The molecule has 29 aliphatic carbocycles. The van der Waals surface area contributed by atoms with Crippen LogP contribution in [-0.2, 0) is 70.4 Å². The highest BCUT2D eigenvalue weighted by Crippen LogP contribution is 3.09. The average molecular weight is 1820 g/mol. The third-order valence-electron chi connectivity index (χ3n) is 41.9. The zero-order chi connectivity index (χ0) is 88.3. The molecule has 29 aliphatic rings. The SMILES string of the molecule is FC(F)(F)C12C3=C4C5C6C7(C(F)(F)F)c8c9c%10c%11c%12c8C5(C(F)(F)F)C5C%12C8(C(F)(F)F)c%12c(c1c1c%13c%12c%12c8c-%11c8c%11c%12c%12c%14c%15c%16c(c%13%12)C1(C(F)(F)F)C1C2C2C%12=C%13c%17c(c%18c%19c%20c%21c%22c(c7c7c%23c%22c%19c%17C%23(C(F)(F)F)C%12C(C42C(F)(F)F)C76C(F)(F)F)C9(C(F)(F)F)C%21C(C(C%20C%15%18C(F)(F)F)C%11%14C(F)(F)F)C%108C(F)(F)F)C%16(C(F)(F)F)C%131)C35C(F)(F)F. The maximum absolute atomic E-state index is 20.5. The van der Waals surface area contributed by atoms with Crippen LogP contribution in [-0.4, -0.2) is 86.5 Å². The summed E-state index contributed by atoms with van der Waals surface area (Å²) in [7, 11) is 0. The van der Waals surface area contributed by atoms with Gasteiger partial charge in [0.1, 0.15) is 70.4 Å². The Morgan fingerprint density at radius 1 is 0.159 bits per heavy atom. The van der Waals surface area contributed by atoms with Gasteiger partial charge in [0, 0.05) is 59.2 Å². The van der Waals surface area contributed by atoms with Gasteiger partial charge in [0.15, 0.2) is 0 Å². The average Bonchev–Trinajstić information content (AvgIpc) is 1.35. The van der Waals surface area contributed by atoms with E-state index in [1.807, 2.05) is 0 Å². The van der Waals surface area contributed by atoms with Crippen molar-refractivity contribution < 1.29 is 184 Å². The van der Waals surface area contributed by atoms with Crippen LogP contribution in [0.3, 0.4) is 0 Å². The number of hydrogen-bond acceptors (Lipinski definition) is 0. The van der Waals surface area contributed by atoms with Gasteiger partial charge in [0.2, 0.25) is 0 Å². The maximum atomic E-state index is 20.5. The molecular formula is C84H14F42. The van der Waals surface area contributed by atoms with Crippen molar-refractivity contribution in [2.24, 2.45) is 70.5 Å². The Morgan fingerprint density at radius 2 is 0.444 bits per heavy atom. The minimum absolute atomic E-state index is 2.31. The van der Waals surface area contributed by atoms with E-state index in [2.05, 4.69) is 0 Å². The molecule has 37 rings (SSSR count). The van der Waals surface area contributed by atoms with Gasteiger partial charge >= 0.3 is 86.5 Å². The second-order valence-electron chi connectivity index (χ2n) is 41.4. The number of alkyl halides is 42. The van der Waals surface area contributed by atoms with Crippen LogP contribution >= 0.6 is 0 Å². The molecule has 0 heterocycles. The first-order valence-electron chi connectivity index (χ1n) is 39.4. The van der Waals surface area contributed by atoms with Crippen LogP contribution < -0.4 is 0 Å². The molecule has 126 heavy (non-hydrogen) atoms. The lowest BCUT2D eigenvalue weighted by atomic mass is 9.24. The standard InChI is InChI=1S/C84H14F42/c85-71(86,87)57-19-1-3-7-11-9-5(1)29(57)49-45-27(9)61(75(97,98)99)25(11)41-39-23(7)59(73(91,92)93)21(3)33-15(19)13-17-35-47-43-31(13)63(33,77(103,104)105)42-26-12-8-4-2-6-10(12)28(62(26,43)76(100,101)102)46-50-30(6)58(72(88,89)90)20(2)16-14-18-36-48(44(61)32(14)64(41,78(106,107)108)34(16)22(4)60(39,74(94,95)96)24(8)40(42)59)67(45,81(115,116)117)55-51-52(65(35,79(109,110)111)53(37(17)57)69(49,55)83(121,122)123)56(68(46,47)82(118,119)120)70(50,84(124,125)126)54(38(18)58)66(36,51)80(112,113)114/h23,25,31,35,37-39,41,43,47,51,53-55H. The van der Waals surface area contributed by atoms with Crippen LogP contribution in [0, 0.1) is 70.5 Å². The van der Waals surface area contributed by atoms with Crippen LogP contribution in [0.4, 0.5) is 184 Å². The smallest absolute Gasteiger partial charge is 0.170 e. The van der Waals surface area contributed by atoms with E-state index >= 15 is 184 Å². The van der Waals surface area contributed by atoms with Gasteiger partial charge in [-0.05, 0) is 250 Å². The summed E-state index contributed by atoms with van der Waals surface area (Å²) in [6.07, 6.45) is -109. The van der Waals surface area contributed by atoms with Crippen molar-refractivity contribution in [1.82, 2.24) is 0 Å². The molecule has 0 nitrogen and oxygen atoms in total. The second-order valence-corrected chi connectivity index (χ2v) is 41.4. The lowest BCUT2D eigenvalue weighted by Crippen LogP contribution is -2.84. The number of rotatable bonds is 0. The van der Waals surface area contributed by atoms with Crippen LogP contribution in [0.2, 0.25) is 0 Å². The van der Waals surface area contributed by atoms with Crippen molar-refractivity contribution in [3.05, 3.63) is 161 Å². The molecule has 2 fully saturated rings. The van der Waals surface area contributed by atoms with Gasteiger partial charge in [-0.15, -0.1) is 0 Å². The van der Waals surface area contributed by atoms with Crippen LogP contribution in [0.1, 0.15) is 162 Å². The molecule has 8 aromatic carbocycles. The van der Waals surface area contributed by atoms with E-state index in [-0.39, 0.29) is 0 Å². The molecule has 0 bridgehead atoms. The summed E-state index contributed by atoms with van der Waals surface area (Å²) < 4.78 is 853. The predicted molar refractivity (Wildman–Crippen MR) is 327 cm³/mol. The van der Waals surface area contributed by atoms with Crippen LogP contribution in [0.25, 0.3) is 70.6 Å². The van der Waals surface area contributed by atoms with Gasteiger partial charge in [-0.1, -0.05) is 5.57 Å². The summed E-state index contributed by atoms with van der Waals surface area (Å²) >= 11 is 0. The predicted octanol–water partition coefficient (Wildman–Crippen LogP) is 23.4. The molecule has 0 N–H and O–H groups in total. The van der Waals surface area contributed by atoms with Crippen molar-refractivity contribution >= 4 is 59.4 Å². The molecule has 0 amide bonds. The lowest BCUT2D eigenvalue weighted by molar-refractivity contribution is -0.366. The first-order chi connectivity index (χ1) is 57.6. The molecular weight excluding hydrogens is 1810 g/mol. The maximum Gasteiger partial charge on any atom is 0.403 e. The fourth-order valence-corrected chi connectivity index (χ4v) is 43.4. The van der Waals surface area contributed by atoms with Crippen molar-refractivity contribution in [2.75, 3.05) is 0 Å². The van der Waals surface area contributed by atoms with E-state index in [4.69, 9.17) is 0 Å². The third kappa shape index (κ3) is 3.93. The van der Waals surface area contributed by atoms with Gasteiger partial charge in [0.05, 0.1) is 5.41 Å². The molecule has 0 saturated heterocycles. The molecule has 0 aromatic heterocycles. The highest BCUT2D eigenvalue weighted by molar-refractivity contribution is 6.40. The molecule has 8 aromatic rings. The third-order valence-corrected chi connectivity index (χ3v) is 41.9. The second kappa shape index (κ2) is 14.5. The Labute approximate surface area is 659 Å². The largest absolute Gasteiger partial charge is 0.403 e. The summed E-state index contributed by atoms with van der Waals surface area (Å²) in [5.74, 6) is -73.2. The first-order valence-corrected chi connectivity index (χ1v) is 39.4. The Hall–Kier alpha value is -8.40. The molecule has 0 aliphatic heterocycles. The molecule has 28 unspecified atom stereocenters. The first kappa shape index (κ1) is 68.7. The fourth-order valence-electron chi connectivity index (χ4n) is 43.4. The van der Waals surface area contributed by atoms with Crippen molar-refractivity contribution in [1.29, 1.82) is 0 Å². The van der Waals surface area contributed by atoms with Crippen LogP contribution in [0.5, 0.6) is 0 Å². The van der Waals surface area contributed by atoms with Crippen molar-refractivity contribution in [3.63, 3.8) is 0 Å². The number of hydrogen-bond donors (Lipinski definition) is 0. The highest BCUT2D eigenvalue weighted by Gasteiger charge is 3.12. The Kier molecular flexibility index (Phi) is 7.91. The van der Waals surface area contributed by atoms with E-state index in [0.717, 1.165) is 0 Å². The quantitative estimate of drug-likeness (QED) is 0.0806. The fraction of sp³-hybridized carbons (Fsp3) is 0.500. The number of benzene rings is 8. The Bertz CT molecular complexity index is 7980. The topological polar surface area (TPSA) is 0 Å². The van der Waals surface area contributed by atoms with E-state index in [0.29, 0.717) is 0 Å². The Morgan fingerprint density at radius 3 is 0.897 bits per heavy atom.